The fourth-order valence-electron chi connectivity index (χ4n) is 1.13. The third kappa shape index (κ3) is 2.15. The molecule has 0 saturated heterocycles. The van der Waals surface area contributed by atoms with Crippen molar-refractivity contribution >= 4 is 58.6 Å². The van der Waals surface area contributed by atoms with Crippen molar-refractivity contribution in [1.82, 2.24) is 0 Å². The Balaban J connectivity index is 1.79. The molecule has 0 aliphatic carbocycles. The van der Waals surface area contributed by atoms with E-state index >= 15 is 0 Å². The third-order valence-corrected chi connectivity index (χ3v) is 7.24. The van der Waals surface area contributed by atoms with Gasteiger partial charge in [0.25, 0.3) is 0 Å². The predicted octanol–water partition coefficient (Wildman–Crippen LogP) is 4.28. The average molecular weight is 297 g/mol. The van der Waals surface area contributed by atoms with Gasteiger partial charge in [0.05, 0.1) is 12.8 Å². The number of halogens is 1. The van der Waals surface area contributed by atoms with E-state index in [1.165, 1.54) is 8.47 Å². The summed E-state index contributed by atoms with van der Waals surface area (Å²) in [6, 6.07) is 0. The van der Waals surface area contributed by atoms with Gasteiger partial charge in [-0.3, -0.25) is 0 Å². The molecule has 0 aromatic heterocycles. The predicted molar refractivity (Wildman–Crippen MR) is 70.3 cm³/mol. The van der Waals surface area contributed by atoms with Crippen molar-refractivity contribution in [2.75, 3.05) is 13.2 Å². The molecule has 0 unspecified atom stereocenters. The van der Waals surface area contributed by atoms with E-state index in [1.807, 2.05) is 5.41 Å². The molecule has 0 saturated carbocycles. The summed E-state index contributed by atoms with van der Waals surface area (Å²) in [5, 5.41) is 3.75. The van der Waals surface area contributed by atoms with E-state index in [2.05, 4.69) is 0 Å². The summed E-state index contributed by atoms with van der Waals surface area (Å²) in [4.78, 5) is 0. The van der Waals surface area contributed by atoms with E-state index < -0.39 is 0 Å². The molecule has 3 rings (SSSR count). The molecule has 0 bridgehead atoms. The third-order valence-electron chi connectivity index (χ3n) is 1.70. The van der Waals surface area contributed by atoms with E-state index in [-0.39, 0.29) is 0 Å². The van der Waals surface area contributed by atoms with Gasteiger partial charge in [0.15, 0.2) is 0 Å². The van der Waals surface area contributed by atoms with Crippen LogP contribution >= 0.6 is 58.6 Å². The van der Waals surface area contributed by atoms with Crippen LogP contribution in [0.3, 0.4) is 0 Å². The van der Waals surface area contributed by atoms with Gasteiger partial charge < -0.3 is 9.47 Å². The highest BCUT2D eigenvalue weighted by atomic mass is 35.5. The summed E-state index contributed by atoms with van der Waals surface area (Å²) in [6.07, 6.45) is 0. The van der Waals surface area contributed by atoms with E-state index in [4.69, 9.17) is 21.1 Å². The summed E-state index contributed by atoms with van der Waals surface area (Å²) in [5.74, 6) is 0. The van der Waals surface area contributed by atoms with E-state index in [9.17, 15) is 0 Å². The molecular formula is C8H5ClO2S4. The highest BCUT2D eigenvalue weighted by Gasteiger charge is 2.30. The van der Waals surface area contributed by atoms with Crippen LogP contribution in [0.15, 0.2) is 28.4 Å². The van der Waals surface area contributed by atoms with Gasteiger partial charge in [-0.2, -0.15) is 0 Å². The number of ether oxygens (including phenoxy) is 2. The lowest BCUT2D eigenvalue weighted by molar-refractivity contribution is 0.0949. The SMILES string of the molecule is ClC1=CSC(=C2SC3=C(OCCO3)S2)S1. The maximum Gasteiger partial charge on any atom is 0.208 e. The standard InChI is InChI=1S/C8H5ClO2S4/c9-4-3-12-7(13-4)8-14-5-6(15-8)11-2-1-10-5/h3H,1-2H2. The minimum Gasteiger partial charge on any atom is -0.480 e. The number of hydrogen-bond acceptors (Lipinski definition) is 6. The van der Waals surface area contributed by atoms with Crippen LogP contribution in [0.2, 0.25) is 0 Å². The topological polar surface area (TPSA) is 18.5 Å². The molecule has 3 aliphatic heterocycles. The molecule has 3 heterocycles. The summed E-state index contributed by atoms with van der Waals surface area (Å²) in [6.45, 7) is 1.29. The summed E-state index contributed by atoms with van der Waals surface area (Å²) in [7, 11) is 0. The quantitative estimate of drug-likeness (QED) is 0.659. The molecule has 0 fully saturated rings. The van der Waals surface area contributed by atoms with Gasteiger partial charge in [0.1, 0.15) is 13.2 Å². The normalized spacial score (nSPS) is 25.0. The molecule has 0 atom stereocenters. The minimum absolute atomic E-state index is 0.647. The van der Waals surface area contributed by atoms with Crippen molar-refractivity contribution in [3.63, 3.8) is 0 Å². The lowest BCUT2D eigenvalue weighted by Gasteiger charge is -2.13. The van der Waals surface area contributed by atoms with Crippen LogP contribution in [0.4, 0.5) is 0 Å². The molecule has 7 heteroatoms. The lowest BCUT2D eigenvalue weighted by atomic mass is 10.7. The Kier molecular flexibility index (Phi) is 3.13. The molecule has 0 N–H and O–H groups in total. The van der Waals surface area contributed by atoms with Gasteiger partial charge >= 0.3 is 0 Å². The van der Waals surface area contributed by atoms with Gasteiger partial charge in [-0.25, -0.2) is 0 Å². The first-order valence-electron chi connectivity index (χ1n) is 4.13. The minimum atomic E-state index is 0.647. The second kappa shape index (κ2) is 4.41. The Morgan fingerprint density at radius 3 is 2.20 bits per heavy atom. The van der Waals surface area contributed by atoms with Crippen LogP contribution in [-0.4, -0.2) is 13.2 Å². The molecule has 0 aromatic carbocycles. The zero-order valence-electron chi connectivity index (χ0n) is 7.32. The van der Waals surface area contributed by atoms with Gasteiger partial charge in [0.2, 0.25) is 10.2 Å². The second-order valence-corrected chi connectivity index (χ2v) is 7.74. The van der Waals surface area contributed by atoms with Crippen LogP contribution in [0.25, 0.3) is 0 Å². The number of thioether (sulfide) groups is 4. The smallest absolute Gasteiger partial charge is 0.208 e. The molecule has 3 aliphatic rings. The molecule has 0 spiro atoms. The van der Waals surface area contributed by atoms with Crippen LogP contribution in [-0.2, 0) is 9.47 Å². The Morgan fingerprint density at radius 2 is 1.67 bits per heavy atom. The van der Waals surface area contributed by atoms with Gasteiger partial charge in [-0.05, 0) is 23.5 Å². The molecular weight excluding hydrogens is 292 g/mol. The summed E-state index contributed by atoms with van der Waals surface area (Å²) < 4.78 is 14.3. The zero-order valence-corrected chi connectivity index (χ0v) is 11.3. The molecule has 2 nitrogen and oxygen atoms in total. The van der Waals surface area contributed by atoms with Crippen molar-refractivity contribution in [3.05, 3.63) is 28.4 Å². The maximum atomic E-state index is 5.91. The van der Waals surface area contributed by atoms with Gasteiger partial charge in [0, 0.05) is 5.41 Å². The molecule has 15 heavy (non-hydrogen) atoms. The Labute approximate surface area is 109 Å². The van der Waals surface area contributed by atoms with E-state index in [1.54, 1.807) is 47.0 Å². The summed E-state index contributed by atoms with van der Waals surface area (Å²) in [5.41, 5.74) is 0. The van der Waals surface area contributed by atoms with Gasteiger partial charge in [-0.1, -0.05) is 35.1 Å². The van der Waals surface area contributed by atoms with Crippen molar-refractivity contribution in [2.24, 2.45) is 0 Å². The van der Waals surface area contributed by atoms with Crippen LogP contribution in [0, 0.1) is 0 Å². The first-order valence-corrected chi connectivity index (χ1v) is 7.83. The molecule has 80 valence electrons. The largest absolute Gasteiger partial charge is 0.480 e. The van der Waals surface area contributed by atoms with Crippen molar-refractivity contribution in [1.29, 1.82) is 0 Å². The molecule has 0 amide bonds. The monoisotopic (exact) mass is 296 g/mol. The average Bonchev–Trinajstić information content (AvgIpc) is 2.82. The van der Waals surface area contributed by atoms with Crippen LogP contribution in [0.5, 0.6) is 0 Å². The van der Waals surface area contributed by atoms with Crippen molar-refractivity contribution in [3.8, 4) is 0 Å². The highest BCUT2D eigenvalue weighted by molar-refractivity contribution is 8.34. The summed E-state index contributed by atoms with van der Waals surface area (Å²) >= 11 is 12.4. The first-order chi connectivity index (χ1) is 7.33. The number of rotatable bonds is 0. The van der Waals surface area contributed by atoms with Crippen LogP contribution in [0.1, 0.15) is 0 Å². The number of hydrogen-bond donors (Lipinski definition) is 0. The van der Waals surface area contributed by atoms with E-state index in [0.717, 1.165) is 14.5 Å². The maximum absolute atomic E-state index is 5.91. The fourth-order valence-corrected chi connectivity index (χ4v) is 6.11. The Morgan fingerprint density at radius 1 is 1.00 bits per heavy atom. The molecule has 0 aromatic rings. The first kappa shape index (κ1) is 10.7. The highest BCUT2D eigenvalue weighted by Crippen LogP contribution is 2.59. The lowest BCUT2D eigenvalue weighted by Crippen LogP contribution is -2.08. The van der Waals surface area contributed by atoms with Crippen molar-refractivity contribution < 1.29 is 9.47 Å². The Hall–Kier alpha value is 0.510. The molecule has 0 radical (unpaired) electrons. The zero-order chi connectivity index (χ0) is 10.3. The second-order valence-electron chi connectivity index (χ2n) is 2.69. The van der Waals surface area contributed by atoms with Crippen molar-refractivity contribution in [2.45, 2.75) is 0 Å². The fraction of sp³-hybridized carbons (Fsp3) is 0.250. The Bertz CT molecular complexity index is 381. The van der Waals surface area contributed by atoms with E-state index in [0.29, 0.717) is 13.2 Å². The van der Waals surface area contributed by atoms with Crippen LogP contribution < -0.4 is 0 Å². The van der Waals surface area contributed by atoms with Gasteiger partial charge in [-0.15, -0.1) is 0 Å².